The normalized spacial score (nSPS) is 11.6. The number of halogens is 1. The number of ketones is 1. The average molecular weight is 334 g/mol. The molecule has 0 aliphatic heterocycles. The van der Waals surface area contributed by atoms with Crippen LogP contribution in [-0.2, 0) is 16.1 Å². The summed E-state index contributed by atoms with van der Waals surface area (Å²) in [5.41, 5.74) is 6.75. The van der Waals surface area contributed by atoms with E-state index >= 15 is 0 Å². The predicted molar refractivity (Wildman–Crippen MR) is 86.5 cm³/mol. The van der Waals surface area contributed by atoms with Crippen LogP contribution in [-0.4, -0.2) is 24.9 Å². The Bertz CT molecular complexity index is 703. The molecule has 0 aromatic heterocycles. The van der Waals surface area contributed by atoms with E-state index in [2.05, 4.69) is 4.74 Å². The van der Waals surface area contributed by atoms with E-state index in [9.17, 15) is 9.59 Å². The third-order valence-corrected chi connectivity index (χ3v) is 3.49. The van der Waals surface area contributed by atoms with Gasteiger partial charge in [0, 0.05) is 5.56 Å². The van der Waals surface area contributed by atoms with Crippen molar-refractivity contribution < 1.29 is 19.1 Å². The summed E-state index contributed by atoms with van der Waals surface area (Å²) in [6, 6.07) is 12.7. The van der Waals surface area contributed by atoms with Crippen molar-refractivity contribution in [3.05, 3.63) is 64.7 Å². The first-order valence-corrected chi connectivity index (χ1v) is 7.24. The highest BCUT2D eigenvalue weighted by molar-refractivity contribution is 6.32. The number of benzene rings is 2. The molecule has 2 aromatic rings. The molecule has 0 bridgehead atoms. The smallest absolute Gasteiger partial charge is 0.330 e. The van der Waals surface area contributed by atoms with Crippen LogP contribution in [0.4, 0.5) is 0 Å². The number of methoxy groups -OCH3 is 1. The zero-order valence-electron chi connectivity index (χ0n) is 12.5. The maximum atomic E-state index is 12.1. The van der Waals surface area contributed by atoms with Crippen molar-refractivity contribution in [2.75, 3.05) is 7.11 Å². The molecular weight excluding hydrogens is 318 g/mol. The lowest BCUT2D eigenvalue weighted by molar-refractivity contribution is -0.140. The SMILES string of the molecule is COC(=O)[C@H](N)C(=O)c1ccc(OCc2ccccc2)c(Cl)c1. The lowest BCUT2D eigenvalue weighted by Gasteiger charge is -2.11. The van der Waals surface area contributed by atoms with Gasteiger partial charge < -0.3 is 15.2 Å². The number of carbonyl (C=O) groups excluding carboxylic acids is 2. The van der Waals surface area contributed by atoms with Crippen LogP contribution in [0.5, 0.6) is 5.75 Å². The van der Waals surface area contributed by atoms with Crippen LogP contribution < -0.4 is 10.5 Å². The van der Waals surface area contributed by atoms with E-state index in [4.69, 9.17) is 22.1 Å². The third-order valence-electron chi connectivity index (χ3n) is 3.19. The molecule has 0 spiro atoms. The fraction of sp³-hybridized carbons (Fsp3) is 0.176. The van der Waals surface area contributed by atoms with Crippen molar-refractivity contribution in [2.45, 2.75) is 12.6 Å². The molecule has 2 rings (SSSR count). The van der Waals surface area contributed by atoms with Crippen LogP contribution in [0, 0.1) is 0 Å². The number of hydrogen-bond acceptors (Lipinski definition) is 5. The number of rotatable bonds is 6. The van der Waals surface area contributed by atoms with Gasteiger partial charge in [-0.15, -0.1) is 0 Å². The van der Waals surface area contributed by atoms with E-state index in [0.717, 1.165) is 5.56 Å². The molecule has 23 heavy (non-hydrogen) atoms. The largest absolute Gasteiger partial charge is 0.487 e. The van der Waals surface area contributed by atoms with Gasteiger partial charge in [0.25, 0.3) is 0 Å². The van der Waals surface area contributed by atoms with Crippen molar-refractivity contribution in [2.24, 2.45) is 5.73 Å². The second kappa shape index (κ2) is 7.76. The zero-order valence-corrected chi connectivity index (χ0v) is 13.2. The Kier molecular flexibility index (Phi) is 5.73. The predicted octanol–water partition coefficient (Wildman–Crippen LogP) is 2.60. The minimum atomic E-state index is -1.37. The number of ether oxygens (including phenoxy) is 2. The standard InChI is InChI=1S/C17H16ClNO4/c1-22-17(21)15(19)16(20)12-7-8-14(13(18)9-12)23-10-11-5-3-2-4-6-11/h2-9,15H,10,19H2,1H3/t15-/m1/s1. The topological polar surface area (TPSA) is 78.6 Å². The van der Waals surface area contributed by atoms with E-state index in [-0.39, 0.29) is 10.6 Å². The Morgan fingerprint density at radius 2 is 1.87 bits per heavy atom. The zero-order chi connectivity index (χ0) is 16.8. The van der Waals surface area contributed by atoms with Gasteiger partial charge in [-0.25, -0.2) is 4.79 Å². The molecule has 0 heterocycles. The summed E-state index contributed by atoms with van der Waals surface area (Å²) < 4.78 is 10.1. The Hall–Kier alpha value is -2.37. The second-order valence-corrected chi connectivity index (χ2v) is 5.19. The average Bonchev–Trinajstić information content (AvgIpc) is 2.59. The van der Waals surface area contributed by atoms with Crippen LogP contribution in [0.3, 0.4) is 0 Å². The third kappa shape index (κ3) is 4.31. The fourth-order valence-electron chi connectivity index (χ4n) is 1.92. The number of nitrogens with two attached hydrogens (primary N) is 1. The van der Waals surface area contributed by atoms with Gasteiger partial charge in [0.05, 0.1) is 12.1 Å². The number of Topliss-reactive ketones (excluding diaryl/α,β-unsaturated/α-hetero) is 1. The van der Waals surface area contributed by atoms with Crippen molar-refractivity contribution >= 4 is 23.4 Å². The summed E-state index contributed by atoms with van der Waals surface area (Å²) in [7, 11) is 1.17. The minimum Gasteiger partial charge on any atom is -0.487 e. The molecule has 0 aliphatic rings. The van der Waals surface area contributed by atoms with Gasteiger partial charge in [-0.3, -0.25) is 4.79 Å². The molecule has 0 aliphatic carbocycles. The Labute approximate surface area is 139 Å². The van der Waals surface area contributed by atoms with Crippen LogP contribution in [0.25, 0.3) is 0 Å². The van der Waals surface area contributed by atoms with Gasteiger partial charge in [0.15, 0.2) is 11.8 Å². The molecule has 0 saturated heterocycles. The molecule has 0 amide bonds. The van der Waals surface area contributed by atoms with Crippen LogP contribution in [0.1, 0.15) is 15.9 Å². The summed E-state index contributed by atoms with van der Waals surface area (Å²) in [6.45, 7) is 0.357. The first kappa shape index (κ1) is 17.0. The van der Waals surface area contributed by atoms with Gasteiger partial charge >= 0.3 is 5.97 Å². The highest BCUT2D eigenvalue weighted by atomic mass is 35.5. The molecule has 0 saturated carbocycles. The Morgan fingerprint density at radius 1 is 1.17 bits per heavy atom. The number of carbonyl (C=O) groups is 2. The van der Waals surface area contributed by atoms with E-state index in [1.165, 1.54) is 19.2 Å². The summed E-state index contributed by atoms with van der Waals surface area (Å²) in [5, 5.41) is 0.267. The van der Waals surface area contributed by atoms with Gasteiger partial charge in [-0.1, -0.05) is 41.9 Å². The Morgan fingerprint density at radius 3 is 2.48 bits per heavy atom. The van der Waals surface area contributed by atoms with Crippen molar-refractivity contribution in [1.29, 1.82) is 0 Å². The monoisotopic (exact) mass is 333 g/mol. The van der Waals surface area contributed by atoms with Crippen LogP contribution in [0.15, 0.2) is 48.5 Å². The van der Waals surface area contributed by atoms with Crippen LogP contribution >= 0.6 is 11.6 Å². The highest BCUT2D eigenvalue weighted by Crippen LogP contribution is 2.26. The molecule has 1 atom stereocenters. The molecule has 120 valence electrons. The van der Waals surface area contributed by atoms with Crippen LogP contribution in [0.2, 0.25) is 5.02 Å². The Balaban J connectivity index is 2.08. The van der Waals surface area contributed by atoms with Gasteiger partial charge in [-0.05, 0) is 23.8 Å². The summed E-state index contributed by atoms with van der Waals surface area (Å²) >= 11 is 6.12. The summed E-state index contributed by atoms with van der Waals surface area (Å²) in [4.78, 5) is 23.4. The molecule has 2 aromatic carbocycles. The maximum Gasteiger partial charge on any atom is 0.330 e. The summed E-state index contributed by atoms with van der Waals surface area (Å²) in [6.07, 6.45) is 0. The molecule has 5 nitrogen and oxygen atoms in total. The second-order valence-electron chi connectivity index (χ2n) is 4.78. The lowest BCUT2D eigenvalue weighted by Crippen LogP contribution is -2.39. The van der Waals surface area contributed by atoms with Crippen molar-refractivity contribution in [1.82, 2.24) is 0 Å². The van der Waals surface area contributed by atoms with Gasteiger partial charge in [0.1, 0.15) is 12.4 Å². The van der Waals surface area contributed by atoms with E-state index in [1.807, 2.05) is 30.3 Å². The highest BCUT2D eigenvalue weighted by Gasteiger charge is 2.24. The summed E-state index contributed by atoms with van der Waals surface area (Å²) in [5.74, 6) is -0.914. The molecule has 0 fully saturated rings. The number of hydrogen-bond donors (Lipinski definition) is 1. The van der Waals surface area contributed by atoms with E-state index in [0.29, 0.717) is 12.4 Å². The quantitative estimate of drug-likeness (QED) is 0.499. The molecule has 2 N–H and O–H groups in total. The minimum absolute atomic E-state index is 0.222. The molecule has 0 unspecified atom stereocenters. The number of esters is 1. The fourth-order valence-corrected chi connectivity index (χ4v) is 2.16. The maximum absolute atomic E-state index is 12.1. The van der Waals surface area contributed by atoms with Gasteiger partial charge in [-0.2, -0.15) is 0 Å². The molecular formula is C17H16ClNO4. The van der Waals surface area contributed by atoms with Crippen molar-refractivity contribution in [3.63, 3.8) is 0 Å². The van der Waals surface area contributed by atoms with E-state index in [1.54, 1.807) is 6.07 Å². The molecule has 0 radical (unpaired) electrons. The van der Waals surface area contributed by atoms with Crippen molar-refractivity contribution in [3.8, 4) is 5.75 Å². The first-order valence-electron chi connectivity index (χ1n) is 6.87. The first-order chi connectivity index (χ1) is 11.0. The van der Waals surface area contributed by atoms with E-state index < -0.39 is 17.8 Å². The lowest BCUT2D eigenvalue weighted by atomic mass is 10.0. The molecule has 6 heteroatoms. The van der Waals surface area contributed by atoms with Gasteiger partial charge in [0.2, 0.25) is 0 Å².